The Balaban J connectivity index is 4.62. The van der Waals surface area contributed by atoms with Crippen LogP contribution in [0.2, 0.25) is 0 Å². The van der Waals surface area contributed by atoms with Crippen molar-refractivity contribution in [3.8, 4) is 0 Å². The van der Waals surface area contributed by atoms with Crippen LogP contribution in [0, 0.1) is 23.7 Å². The van der Waals surface area contributed by atoms with Gasteiger partial charge in [-0.2, -0.15) is 0 Å². The molecule has 0 bridgehead atoms. The van der Waals surface area contributed by atoms with Gasteiger partial charge in [0.1, 0.15) is 0 Å². The summed E-state index contributed by atoms with van der Waals surface area (Å²) < 4.78 is 37.5. The van der Waals surface area contributed by atoms with Crippen molar-refractivity contribution >= 4 is 14.7 Å². The summed E-state index contributed by atoms with van der Waals surface area (Å²) in [7, 11) is -5.28. The first-order valence-corrected chi connectivity index (χ1v) is 13.3. The average Bonchev–Trinajstić information content (AvgIpc) is 2.30. The molecule has 146 valence electrons. The average molecular weight is 382 g/mol. The van der Waals surface area contributed by atoms with Gasteiger partial charge in [0.2, 0.25) is 14.7 Å². The second-order valence-electron chi connectivity index (χ2n) is 8.60. The van der Waals surface area contributed by atoms with Crippen molar-refractivity contribution in [1.29, 1.82) is 0 Å². The smallest absolute Gasteiger partial charge is 0.203 e. The van der Waals surface area contributed by atoms with Crippen LogP contribution < -0.4 is 0 Å². The minimum Gasteiger partial charge on any atom is -0.326 e. The zero-order chi connectivity index (χ0) is 19.0. The lowest BCUT2D eigenvalue weighted by atomic mass is 10.3. The highest BCUT2D eigenvalue weighted by atomic mass is 31.2. The molecule has 0 aromatic heterocycles. The van der Waals surface area contributed by atoms with Gasteiger partial charge >= 0.3 is 0 Å². The third-order valence-corrected chi connectivity index (χ3v) is 9.76. The topological polar surface area (TPSA) is 52.6 Å². The zero-order valence-electron chi connectivity index (χ0n) is 17.1. The quantitative estimate of drug-likeness (QED) is 0.281. The Bertz CT molecular complexity index is 363. The molecule has 0 spiro atoms. The van der Waals surface area contributed by atoms with Gasteiger partial charge in [-0.05, 0) is 23.7 Å². The summed E-state index contributed by atoms with van der Waals surface area (Å²) in [5.74, 6) is 1.35. The van der Waals surface area contributed by atoms with E-state index < -0.39 is 14.7 Å². The van der Waals surface area contributed by atoms with Crippen LogP contribution in [-0.2, 0) is 18.2 Å². The molecule has 0 unspecified atom stereocenters. The maximum atomic E-state index is 13.0. The Morgan fingerprint density at radius 2 is 0.750 bits per heavy atom. The van der Waals surface area contributed by atoms with Gasteiger partial charge in [-0.25, -0.2) is 0 Å². The standard InChI is InChI=1S/C18H40O4P2/c1-15(2)11-23(19,12-16(3)4)21-9-10-22-24(20,13-17(5)6)14-18(7)8/h15-18H,9-14H2,1-8H3. The van der Waals surface area contributed by atoms with Gasteiger partial charge in [0, 0.05) is 24.6 Å². The monoisotopic (exact) mass is 382 g/mol. The molecule has 0 atom stereocenters. The van der Waals surface area contributed by atoms with E-state index in [1.807, 2.05) is 0 Å². The number of rotatable bonds is 13. The molecule has 6 heteroatoms. The van der Waals surface area contributed by atoms with Crippen LogP contribution in [0.3, 0.4) is 0 Å². The van der Waals surface area contributed by atoms with E-state index in [9.17, 15) is 9.13 Å². The molecule has 0 heterocycles. The number of hydrogen-bond donors (Lipinski definition) is 0. The summed E-state index contributed by atoms with van der Waals surface area (Å²) in [4.78, 5) is 0. The van der Waals surface area contributed by atoms with E-state index in [0.717, 1.165) is 0 Å². The predicted octanol–water partition coefficient (Wildman–Crippen LogP) is 6.20. The van der Waals surface area contributed by atoms with Crippen LogP contribution in [-0.4, -0.2) is 37.9 Å². The first kappa shape index (κ1) is 24.4. The number of hydrogen-bond acceptors (Lipinski definition) is 4. The predicted molar refractivity (Wildman–Crippen MR) is 106 cm³/mol. The third kappa shape index (κ3) is 11.9. The third-order valence-electron chi connectivity index (χ3n) is 3.31. The van der Waals surface area contributed by atoms with Crippen LogP contribution in [0.15, 0.2) is 0 Å². The van der Waals surface area contributed by atoms with Gasteiger partial charge in [-0.15, -0.1) is 0 Å². The summed E-state index contributed by atoms with van der Waals surface area (Å²) in [6.07, 6.45) is 2.39. The van der Waals surface area contributed by atoms with E-state index in [1.54, 1.807) is 0 Å². The molecule has 0 radical (unpaired) electrons. The van der Waals surface area contributed by atoms with Crippen molar-refractivity contribution in [3.05, 3.63) is 0 Å². The van der Waals surface area contributed by atoms with Crippen molar-refractivity contribution in [2.45, 2.75) is 55.4 Å². The fourth-order valence-electron chi connectivity index (χ4n) is 2.99. The van der Waals surface area contributed by atoms with E-state index in [-0.39, 0.29) is 13.2 Å². The van der Waals surface area contributed by atoms with Gasteiger partial charge in [-0.3, -0.25) is 9.13 Å². The highest BCUT2D eigenvalue weighted by Gasteiger charge is 2.28. The van der Waals surface area contributed by atoms with E-state index in [1.165, 1.54) is 0 Å². The second kappa shape index (κ2) is 11.2. The molecule has 4 nitrogen and oxygen atoms in total. The van der Waals surface area contributed by atoms with Crippen molar-refractivity contribution in [1.82, 2.24) is 0 Å². The normalized spacial score (nSPS) is 13.7. The SMILES string of the molecule is CC(C)CP(=O)(CC(C)C)OCCOP(=O)(CC(C)C)CC(C)C. The molecule has 0 amide bonds. The van der Waals surface area contributed by atoms with Crippen molar-refractivity contribution in [3.63, 3.8) is 0 Å². The van der Waals surface area contributed by atoms with Crippen LogP contribution in [0.4, 0.5) is 0 Å². The molecule has 0 aliphatic carbocycles. The molecular formula is C18H40O4P2. The Kier molecular flexibility index (Phi) is 11.3. The molecular weight excluding hydrogens is 342 g/mol. The fourth-order valence-corrected chi connectivity index (χ4v) is 8.98. The van der Waals surface area contributed by atoms with Crippen molar-refractivity contribution < 1.29 is 18.2 Å². The van der Waals surface area contributed by atoms with Crippen molar-refractivity contribution in [2.24, 2.45) is 23.7 Å². The van der Waals surface area contributed by atoms with E-state index in [2.05, 4.69) is 55.4 Å². The molecule has 0 aromatic rings. The maximum Gasteiger partial charge on any atom is 0.203 e. The van der Waals surface area contributed by atoms with Crippen LogP contribution in [0.1, 0.15) is 55.4 Å². The second-order valence-corrected chi connectivity index (χ2v) is 13.8. The molecule has 0 fully saturated rings. The van der Waals surface area contributed by atoms with Gasteiger partial charge in [0.15, 0.2) is 0 Å². The first-order chi connectivity index (χ1) is 10.9. The van der Waals surface area contributed by atoms with E-state index in [4.69, 9.17) is 9.05 Å². The summed E-state index contributed by atoms with van der Waals surface area (Å²) in [5.41, 5.74) is 0. The zero-order valence-corrected chi connectivity index (χ0v) is 18.9. The van der Waals surface area contributed by atoms with Crippen LogP contribution in [0.5, 0.6) is 0 Å². The minimum absolute atomic E-state index is 0.261. The highest BCUT2D eigenvalue weighted by Crippen LogP contribution is 2.52. The summed E-state index contributed by atoms with van der Waals surface area (Å²) >= 11 is 0. The van der Waals surface area contributed by atoms with Gasteiger partial charge in [0.25, 0.3) is 0 Å². The lowest BCUT2D eigenvalue weighted by Gasteiger charge is -2.24. The van der Waals surface area contributed by atoms with Crippen LogP contribution >= 0.6 is 14.7 Å². The summed E-state index contributed by atoms with van der Waals surface area (Å²) in [5, 5.41) is 0. The molecule has 0 saturated heterocycles. The molecule has 24 heavy (non-hydrogen) atoms. The molecule has 0 aliphatic rings. The lowest BCUT2D eigenvalue weighted by Crippen LogP contribution is -2.14. The molecule has 0 N–H and O–H groups in total. The van der Waals surface area contributed by atoms with E-state index >= 15 is 0 Å². The van der Waals surface area contributed by atoms with Crippen LogP contribution in [0.25, 0.3) is 0 Å². The van der Waals surface area contributed by atoms with Crippen molar-refractivity contribution in [2.75, 3.05) is 37.9 Å². The first-order valence-electron chi connectivity index (χ1n) is 9.32. The fraction of sp³-hybridized carbons (Fsp3) is 1.00. The summed E-state index contributed by atoms with van der Waals surface area (Å²) in [6, 6.07) is 0. The molecule has 0 saturated carbocycles. The van der Waals surface area contributed by atoms with Gasteiger partial charge in [0.05, 0.1) is 13.2 Å². The Morgan fingerprint density at radius 3 is 0.917 bits per heavy atom. The lowest BCUT2D eigenvalue weighted by molar-refractivity contribution is 0.215. The highest BCUT2D eigenvalue weighted by molar-refractivity contribution is 7.59. The Hall–Kier alpha value is 0.380. The van der Waals surface area contributed by atoms with Gasteiger partial charge < -0.3 is 9.05 Å². The Labute approximate surface area is 150 Å². The van der Waals surface area contributed by atoms with Gasteiger partial charge in [-0.1, -0.05) is 55.4 Å². The largest absolute Gasteiger partial charge is 0.326 e. The maximum absolute atomic E-state index is 13.0. The summed E-state index contributed by atoms with van der Waals surface area (Å²) in [6.45, 7) is 17.0. The Morgan fingerprint density at radius 1 is 0.542 bits per heavy atom. The molecule has 0 aliphatic heterocycles. The minimum atomic E-state index is -2.64. The molecule has 0 aromatic carbocycles. The molecule has 0 rings (SSSR count). The van der Waals surface area contributed by atoms with E-state index in [0.29, 0.717) is 48.3 Å².